The number of ether oxygens (including phenoxy) is 1. The van der Waals surface area contributed by atoms with E-state index in [9.17, 15) is 4.79 Å². The first-order valence-electron chi connectivity index (χ1n) is 9.87. The molecule has 1 aromatic heterocycles. The highest BCUT2D eigenvalue weighted by molar-refractivity contribution is 6.32. The normalized spacial score (nSPS) is 31.1. The molecule has 1 amide bonds. The van der Waals surface area contributed by atoms with Crippen LogP contribution >= 0.6 is 11.6 Å². The summed E-state index contributed by atoms with van der Waals surface area (Å²) in [5.74, 6) is 3.89. The number of halogens is 1. The van der Waals surface area contributed by atoms with Crippen LogP contribution in [0.15, 0.2) is 40.8 Å². The summed E-state index contributed by atoms with van der Waals surface area (Å²) in [6, 6.07) is 10.9. The molecule has 0 aliphatic heterocycles. The molecule has 4 saturated carbocycles. The van der Waals surface area contributed by atoms with Crippen molar-refractivity contribution in [3.63, 3.8) is 0 Å². The van der Waals surface area contributed by atoms with Crippen molar-refractivity contribution in [3.05, 3.63) is 52.9 Å². The van der Waals surface area contributed by atoms with Gasteiger partial charge in [0.2, 0.25) is 0 Å². The van der Waals surface area contributed by atoms with E-state index in [1.165, 1.54) is 19.3 Å². The Hall–Kier alpha value is -1.94. The van der Waals surface area contributed by atoms with Gasteiger partial charge in [-0.15, -0.1) is 0 Å². The summed E-state index contributed by atoms with van der Waals surface area (Å²) >= 11 is 6.10. The maximum atomic E-state index is 12.8. The van der Waals surface area contributed by atoms with E-state index >= 15 is 0 Å². The van der Waals surface area contributed by atoms with Crippen molar-refractivity contribution in [1.29, 1.82) is 0 Å². The number of carbonyl (C=O) groups excluding carboxylic acids is 1. The molecule has 6 rings (SSSR count). The van der Waals surface area contributed by atoms with Gasteiger partial charge in [-0.05, 0) is 80.5 Å². The molecule has 1 N–H and O–H groups in total. The van der Waals surface area contributed by atoms with Gasteiger partial charge >= 0.3 is 0 Å². The number of rotatable bonds is 5. The molecule has 5 heteroatoms. The Kier molecular flexibility index (Phi) is 4.19. The number of benzene rings is 1. The van der Waals surface area contributed by atoms with Crippen LogP contribution in [0.1, 0.15) is 54.8 Å². The number of carbonyl (C=O) groups is 1. The highest BCUT2D eigenvalue weighted by atomic mass is 35.5. The van der Waals surface area contributed by atoms with Gasteiger partial charge in [-0.25, -0.2) is 0 Å². The summed E-state index contributed by atoms with van der Waals surface area (Å²) in [6.07, 6.45) is 7.48. The third-order valence-corrected chi connectivity index (χ3v) is 6.82. The van der Waals surface area contributed by atoms with Crippen molar-refractivity contribution >= 4 is 17.5 Å². The first kappa shape index (κ1) is 17.2. The smallest absolute Gasteiger partial charge is 0.287 e. The Labute approximate surface area is 164 Å². The molecule has 27 heavy (non-hydrogen) atoms. The summed E-state index contributed by atoms with van der Waals surface area (Å²) in [4.78, 5) is 12.8. The zero-order valence-corrected chi connectivity index (χ0v) is 16.0. The minimum absolute atomic E-state index is 0.00709. The Morgan fingerprint density at radius 2 is 1.74 bits per heavy atom. The van der Waals surface area contributed by atoms with Crippen LogP contribution in [-0.4, -0.2) is 11.4 Å². The molecular formula is C22H24ClNO3. The lowest BCUT2D eigenvalue weighted by molar-refractivity contribution is -0.0171. The Morgan fingerprint density at radius 3 is 2.41 bits per heavy atom. The van der Waals surface area contributed by atoms with Gasteiger partial charge in [-0.2, -0.15) is 0 Å². The van der Waals surface area contributed by atoms with Crippen LogP contribution in [0.2, 0.25) is 5.02 Å². The van der Waals surface area contributed by atoms with Crippen LogP contribution in [0, 0.1) is 17.8 Å². The van der Waals surface area contributed by atoms with Gasteiger partial charge in [-0.3, -0.25) is 4.79 Å². The van der Waals surface area contributed by atoms with E-state index < -0.39 is 0 Å². The van der Waals surface area contributed by atoms with Gasteiger partial charge in [0.15, 0.2) is 5.76 Å². The number of para-hydroxylation sites is 1. The van der Waals surface area contributed by atoms with Crippen molar-refractivity contribution in [1.82, 2.24) is 5.32 Å². The fraction of sp³-hybridized carbons (Fsp3) is 0.500. The second-order valence-corrected chi connectivity index (χ2v) is 9.04. The average Bonchev–Trinajstić information content (AvgIpc) is 3.09. The Bertz CT molecular complexity index is 823. The molecule has 1 heterocycles. The lowest BCUT2D eigenvalue weighted by Gasteiger charge is -2.56. The number of hydrogen-bond donors (Lipinski definition) is 1. The summed E-state index contributed by atoms with van der Waals surface area (Å²) in [7, 11) is 0. The lowest BCUT2D eigenvalue weighted by Crippen LogP contribution is -2.59. The van der Waals surface area contributed by atoms with Gasteiger partial charge in [0.1, 0.15) is 18.1 Å². The van der Waals surface area contributed by atoms with E-state index in [0.29, 0.717) is 22.3 Å². The fourth-order valence-electron chi connectivity index (χ4n) is 5.85. The van der Waals surface area contributed by atoms with E-state index in [4.69, 9.17) is 20.8 Å². The van der Waals surface area contributed by atoms with Crippen molar-refractivity contribution in [2.75, 3.05) is 0 Å². The zero-order valence-electron chi connectivity index (χ0n) is 15.2. The van der Waals surface area contributed by atoms with Gasteiger partial charge in [0, 0.05) is 5.54 Å². The zero-order chi connectivity index (χ0) is 18.4. The predicted molar refractivity (Wildman–Crippen MR) is 103 cm³/mol. The molecule has 4 aliphatic rings. The monoisotopic (exact) mass is 385 g/mol. The van der Waals surface area contributed by atoms with Crippen LogP contribution in [0.25, 0.3) is 0 Å². The largest absolute Gasteiger partial charge is 0.484 e. The van der Waals surface area contributed by atoms with Gasteiger partial charge in [-0.1, -0.05) is 23.7 Å². The molecular weight excluding hydrogens is 362 g/mol. The maximum Gasteiger partial charge on any atom is 0.287 e. The first-order valence-corrected chi connectivity index (χ1v) is 10.2. The van der Waals surface area contributed by atoms with Crippen LogP contribution in [0.5, 0.6) is 5.75 Å². The average molecular weight is 386 g/mol. The second kappa shape index (κ2) is 6.59. The van der Waals surface area contributed by atoms with Crippen LogP contribution < -0.4 is 10.1 Å². The van der Waals surface area contributed by atoms with Crippen LogP contribution in [0.3, 0.4) is 0 Å². The quantitative estimate of drug-likeness (QED) is 0.768. The number of amides is 1. The molecule has 4 nitrogen and oxygen atoms in total. The minimum atomic E-state index is -0.0963. The van der Waals surface area contributed by atoms with E-state index in [1.807, 2.05) is 18.2 Å². The van der Waals surface area contributed by atoms with E-state index in [0.717, 1.165) is 37.0 Å². The molecule has 1 aromatic carbocycles. The van der Waals surface area contributed by atoms with Crippen LogP contribution in [0.4, 0.5) is 0 Å². The second-order valence-electron chi connectivity index (χ2n) is 8.64. The predicted octanol–water partition coefficient (Wildman–Crippen LogP) is 5.21. The molecule has 0 atom stereocenters. The number of furan rings is 1. The minimum Gasteiger partial charge on any atom is -0.484 e. The number of hydrogen-bond acceptors (Lipinski definition) is 3. The van der Waals surface area contributed by atoms with Crippen LogP contribution in [-0.2, 0) is 6.61 Å². The molecule has 2 aromatic rings. The standard InChI is InChI=1S/C22H24ClNO3/c23-18-3-1-2-4-19(18)26-13-17-5-6-20(27-17)21(25)24-22-10-14-7-15(11-22)9-16(8-14)12-22/h1-6,14-16H,7-13H2,(H,24,25). The molecule has 0 spiro atoms. The molecule has 0 saturated heterocycles. The van der Waals surface area contributed by atoms with Gasteiger partial charge in [0.05, 0.1) is 5.02 Å². The summed E-state index contributed by atoms with van der Waals surface area (Å²) in [5.41, 5.74) is -0.00709. The Balaban J connectivity index is 1.23. The third-order valence-electron chi connectivity index (χ3n) is 6.51. The SMILES string of the molecule is O=C(NC12CC3CC(CC(C3)C1)C2)c1ccc(COc2ccccc2Cl)o1. The molecule has 142 valence electrons. The first-order chi connectivity index (χ1) is 13.1. The van der Waals surface area contributed by atoms with Crippen molar-refractivity contribution in [2.24, 2.45) is 17.8 Å². The van der Waals surface area contributed by atoms with Crippen molar-refractivity contribution in [2.45, 2.75) is 50.7 Å². The summed E-state index contributed by atoms with van der Waals surface area (Å²) < 4.78 is 11.4. The molecule has 0 radical (unpaired) electrons. The highest BCUT2D eigenvalue weighted by Crippen LogP contribution is 2.55. The topological polar surface area (TPSA) is 51.5 Å². The summed E-state index contributed by atoms with van der Waals surface area (Å²) in [5, 5.41) is 3.90. The molecule has 4 fully saturated rings. The highest BCUT2D eigenvalue weighted by Gasteiger charge is 2.51. The molecule has 4 aliphatic carbocycles. The Morgan fingerprint density at radius 1 is 1.07 bits per heavy atom. The number of nitrogens with one attached hydrogen (secondary N) is 1. The lowest BCUT2D eigenvalue weighted by atomic mass is 9.53. The van der Waals surface area contributed by atoms with Gasteiger partial charge < -0.3 is 14.5 Å². The van der Waals surface area contributed by atoms with Gasteiger partial charge in [0.25, 0.3) is 5.91 Å². The maximum absolute atomic E-state index is 12.8. The van der Waals surface area contributed by atoms with E-state index in [1.54, 1.807) is 18.2 Å². The van der Waals surface area contributed by atoms with Crippen molar-refractivity contribution < 1.29 is 13.9 Å². The fourth-order valence-corrected chi connectivity index (χ4v) is 6.04. The van der Waals surface area contributed by atoms with E-state index in [-0.39, 0.29) is 18.1 Å². The van der Waals surface area contributed by atoms with E-state index in [2.05, 4.69) is 5.32 Å². The van der Waals surface area contributed by atoms with Crippen molar-refractivity contribution in [3.8, 4) is 5.75 Å². The third kappa shape index (κ3) is 3.36. The summed E-state index contributed by atoms with van der Waals surface area (Å²) in [6.45, 7) is 0.244. The molecule has 4 bridgehead atoms. The molecule has 0 unspecified atom stereocenters.